The SMILES string of the molecule is CCN(CC)c1ccc(CNC(=O)c2ccccc2SCc2c(C)noc2C)cn1. The number of benzene rings is 1. The zero-order valence-electron chi connectivity index (χ0n) is 17.9. The predicted molar refractivity (Wildman–Crippen MR) is 121 cm³/mol. The number of anilines is 1. The van der Waals surface area contributed by atoms with Gasteiger partial charge >= 0.3 is 0 Å². The van der Waals surface area contributed by atoms with Gasteiger partial charge in [-0.1, -0.05) is 23.4 Å². The minimum Gasteiger partial charge on any atom is -0.361 e. The van der Waals surface area contributed by atoms with E-state index in [1.807, 2.05) is 56.4 Å². The van der Waals surface area contributed by atoms with Gasteiger partial charge in [0.2, 0.25) is 0 Å². The first-order valence-electron chi connectivity index (χ1n) is 10.1. The summed E-state index contributed by atoms with van der Waals surface area (Å²) >= 11 is 1.61. The predicted octanol–water partition coefficient (Wildman–Crippen LogP) is 4.75. The van der Waals surface area contributed by atoms with Crippen LogP contribution in [0.2, 0.25) is 0 Å². The van der Waals surface area contributed by atoms with Gasteiger partial charge in [-0.15, -0.1) is 11.8 Å². The molecule has 1 N–H and O–H groups in total. The van der Waals surface area contributed by atoms with E-state index >= 15 is 0 Å². The molecule has 0 radical (unpaired) electrons. The van der Waals surface area contributed by atoms with Crippen LogP contribution in [0.25, 0.3) is 0 Å². The highest BCUT2D eigenvalue weighted by Crippen LogP contribution is 2.28. The number of amides is 1. The number of nitrogens with one attached hydrogen (secondary N) is 1. The molecule has 2 heterocycles. The van der Waals surface area contributed by atoms with Crippen LogP contribution in [0.5, 0.6) is 0 Å². The molecule has 0 fully saturated rings. The number of rotatable bonds is 9. The maximum Gasteiger partial charge on any atom is 0.252 e. The maximum absolute atomic E-state index is 12.8. The maximum atomic E-state index is 12.8. The number of hydrogen-bond donors (Lipinski definition) is 1. The van der Waals surface area contributed by atoms with Crippen LogP contribution in [0, 0.1) is 13.8 Å². The summed E-state index contributed by atoms with van der Waals surface area (Å²) in [4.78, 5) is 20.5. The van der Waals surface area contributed by atoms with Crippen LogP contribution in [-0.2, 0) is 12.3 Å². The third-order valence-electron chi connectivity index (χ3n) is 5.03. The summed E-state index contributed by atoms with van der Waals surface area (Å²) < 4.78 is 5.23. The van der Waals surface area contributed by atoms with E-state index in [0.717, 1.165) is 46.4 Å². The summed E-state index contributed by atoms with van der Waals surface area (Å²) in [6, 6.07) is 11.7. The van der Waals surface area contributed by atoms with Crippen molar-refractivity contribution >= 4 is 23.5 Å². The molecule has 0 aliphatic carbocycles. The van der Waals surface area contributed by atoms with E-state index in [9.17, 15) is 4.79 Å². The number of carbonyl (C=O) groups is 1. The molecule has 1 aromatic carbocycles. The largest absolute Gasteiger partial charge is 0.361 e. The molecule has 6 nitrogen and oxygen atoms in total. The van der Waals surface area contributed by atoms with Crippen molar-refractivity contribution < 1.29 is 9.32 Å². The van der Waals surface area contributed by atoms with Crippen LogP contribution >= 0.6 is 11.8 Å². The van der Waals surface area contributed by atoms with Gasteiger partial charge in [-0.05, 0) is 51.5 Å². The third kappa shape index (κ3) is 5.21. The number of pyridine rings is 1. The number of aromatic nitrogens is 2. The molecular weight excluding hydrogens is 396 g/mol. The Morgan fingerprint density at radius 1 is 1.13 bits per heavy atom. The monoisotopic (exact) mass is 424 g/mol. The van der Waals surface area contributed by atoms with Crippen molar-refractivity contribution in [2.45, 2.75) is 44.9 Å². The van der Waals surface area contributed by atoms with Gasteiger partial charge in [0.1, 0.15) is 11.6 Å². The highest BCUT2D eigenvalue weighted by atomic mass is 32.2. The summed E-state index contributed by atoms with van der Waals surface area (Å²) in [7, 11) is 0. The van der Waals surface area contributed by atoms with E-state index in [2.05, 4.69) is 34.2 Å². The first kappa shape index (κ1) is 21.9. The van der Waals surface area contributed by atoms with Gasteiger partial charge < -0.3 is 14.7 Å². The molecule has 0 spiro atoms. The van der Waals surface area contributed by atoms with Crippen LogP contribution in [-0.4, -0.2) is 29.1 Å². The zero-order valence-corrected chi connectivity index (χ0v) is 18.8. The first-order valence-corrected chi connectivity index (χ1v) is 11.1. The lowest BCUT2D eigenvalue weighted by molar-refractivity contribution is 0.0948. The van der Waals surface area contributed by atoms with Crippen molar-refractivity contribution in [2.24, 2.45) is 0 Å². The Balaban J connectivity index is 1.63. The smallest absolute Gasteiger partial charge is 0.252 e. The molecule has 0 bridgehead atoms. The Morgan fingerprint density at radius 2 is 1.90 bits per heavy atom. The first-order chi connectivity index (χ1) is 14.5. The molecule has 0 saturated heterocycles. The fourth-order valence-electron chi connectivity index (χ4n) is 3.17. The molecule has 0 unspecified atom stereocenters. The number of thioether (sulfide) groups is 1. The second kappa shape index (κ2) is 10.3. The molecule has 3 aromatic rings. The minimum absolute atomic E-state index is 0.0929. The summed E-state index contributed by atoms with van der Waals surface area (Å²) in [5, 5.41) is 7.01. The normalized spacial score (nSPS) is 10.8. The summed E-state index contributed by atoms with van der Waals surface area (Å²) in [6.07, 6.45) is 1.83. The van der Waals surface area contributed by atoms with Crippen LogP contribution in [0.15, 0.2) is 52.0 Å². The zero-order chi connectivity index (χ0) is 21.5. The van der Waals surface area contributed by atoms with E-state index in [1.54, 1.807) is 11.8 Å². The number of aryl methyl sites for hydroxylation is 2. The second-order valence-electron chi connectivity index (χ2n) is 6.97. The quantitative estimate of drug-likeness (QED) is 0.500. The Labute approximate surface area is 182 Å². The lowest BCUT2D eigenvalue weighted by Crippen LogP contribution is -2.24. The second-order valence-corrected chi connectivity index (χ2v) is 7.98. The fraction of sp³-hybridized carbons (Fsp3) is 0.348. The average Bonchev–Trinajstić information content (AvgIpc) is 3.09. The molecule has 30 heavy (non-hydrogen) atoms. The Hall–Kier alpha value is -2.80. The van der Waals surface area contributed by atoms with E-state index in [0.29, 0.717) is 17.9 Å². The Bertz CT molecular complexity index is 962. The van der Waals surface area contributed by atoms with Gasteiger partial charge in [0.05, 0.1) is 11.3 Å². The van der Waals surface area contributed by atoms with Gasteiger partial charge in [0, 0.05) is 42.0 Å². The Kier molecular flexibility index (Phi) is 7.52. The molecular formula is C23H28N4O2S. The highest BCUT2D eigenvalue weighted by molar-refractivity contribution is 7.98. The van der Waals surface area contributed by atoms with Crippen molar-refractivity contribution in [1.82, 2.24) is 15.5 Å². The van der Waals surface area contributed by atoms with Gasteiger partial charge in [0.15, 0.2) is 0 Å². The van der Waals surface area contributed by atoms with Crippen molar-refractivity contribution in [2.75, 3.05) is 18.0 Å². The van der Waals surface area contributed by atoms with E-state index in [1.165, 1.54) is 0 Å². The van der Waals surface area contributed by atoms with Gasteiger partial charge in [0.25, 0.3) is 5.91 Å². The van der Waals surface area contributed by atoms with Crippen molar-refractivity contribution in [3.05, 3.63) is 70.7 Å². The standard InChI is InChI=1S/C23H28N4O2S/c1-5-27(6-2)22-12-11-18(13-24-22)14-25-23(28)19-9-7-8-10-21(19)30-15-20-16(3)26-29-17(20)4/h7-13H,5-6,14-15H2,1-4H3,(H,25,28). The number of hydrogen-bond acceptors (Lipinski definition) is 6. The van der Waals surface area contributed by atoms with E-state index in [-0.39, 0.29) is 5.91 Å². The average molecular weight is 425 g/mol. The van der Waals surface area contributed by atoms with Crippen molar-refractivity contribution in [1.29, 1.82) is 0 Å². The van der Waals surface area contributed by atoms with Gasteiger partial charge in [-0.2, -0.15) is 0 Å². The van der Waals surface area contributed by atoms with Crippen LogP contribution in [0.1, 0.15) is 46.8 Å². The fourth-order valence-corrected chi connectivity index (χ4v) is 4.37. The van der Waals surface area contributed by atoms with Crippen LogP contribution in [0.3, 0.4) is 0 Å². The van der Waals surface area contributed by atoms with Gasteiger partial charge in [-0.25, -0.2) is 4.98 Å². The molecule has 3 rings (SSSR count). The lowest BCUT2D eigenvalue weighted by Gasteiger charge is -2.19. The molecule has 158 valence electrons. The molecule has 0 saturated carbocycles. The van der Waals surface area contributed by atoms with Gasteiger partial charge in [-0.3, -0.25) is 4.79 Å². The summed E-state index contributed by atoms with van der Waals surface area (Å²) in [5.74, 6) is 2.39. The molecule has 0 aliphatic rings. The summed E-state index contributed by atoms with van der Waals surface area (Å²) in [5.41, 5.74) is 3.61. The molecule has 0 atom stereocenters. The van der Waals surface area contributed by atoms with Crippen molar-refractivity contribution in [3.63, 3.8) is 0 Å². The number of carbonyl (C=O) groups excluding carboxylic acids is 1. The minimum atomic E-state index is -0.0929. The third-order valence-corrected chi connectivity index (χ3v) is 6.13. The molecule has 0 aliphatic heterocycles. The lowest BCUT2D eigenvalue weighted by atomic mass is 10.2. The van der Waals surface area contributed by atoms with Crippen LogP contribution < -0.4 is 10.2 Å². The van der Waals surface area contributed by atoms with Crippen molar-refractivity contribution in [3.8, 4) is 0 Å². The number of nitrogens with zero attached hydrogens (tertiary/aromatic N) is 3. The van der Waals surface area contributed by atoms with E-state index in [4.69, 9.17) is 4.52 Å². The molecule has 2 aromatic heterocycles. The summed E-state index contributed by atoms with van der Waals surface area (Å²) in [6.45, 7) is 10.3. The Morgan fingerprint density at radius 3 is 2.53 bits per heavy atom. The highest BCUT2D eigenvalue weighted by Gasteiger charge is 2.14. The molecule has 1 amide bonds. The van der Waals surface area contributed by atoms with Crippen LogP contribution in [0.4, 0.5) is 5.82 Å². The van der Waals surface area contributed by atoms with E-state index < -0.39 is 0 Å². The topological polar surface area (TPSA) is 71.3 Å². The molecule has 7 heteroatoms.